The van der Waals surface area contributed by atoms with Crippen molar-refractivity contribution in [3.63, 3.8) is 0 Å². The average molecular weight is 267 g/mol. The fraction of sp³-hybridized carbons (Fsp3) is 0.600. The van der Waals surface area contributed by atoms with Crippen LogP contribution in [0, 0.1) is 0 Å². The van der Waals surface area contributed by atoms with Crippen molar-refractivity contribution in [2.24, 2.45) is 0 Å². The standard InChI is InChI=1S/C15H25NO3/c1-4-10-16-15(12(2)17)19-14-7-5-13(6-8-14)9-11-18-3/h5-8,12,15-17H,4,9-11H2,1-3H3. The third-order valence-corrected chi connectivity index (χ3v) is 2.81. The molecule has 0 saturated carbocycles. The molecule has 2 unspecified atom stereocenters. The van der Waals surface area contributed by atoms with Gasteiger partial charge in [0.05, 0.1) is 6.61 Å². The quantitative estimate of drug-likeness (QED) is 0.672. The molecule has 1 aromatic carbocycles. The van der Waals surface area contributed by atoms with Gasteiger partial charge < -0.3 is 14.6 Å². The number of hydrogen-bond donors (Lipinski definition) is 2. The monoisotopic (exact) mass is 267 g/mol. The van der Waals surface area contributed by atoms with Crippen molar-refractivity contribution in [3.8, 4) is 5.75 Å². The molecule has 0 radical (unpaired) electrons. The zero-order valence-corrected chi connectivity index (χ0v) is 12.1. The third kappa shape index (κ3) is 6.05. The van der Waals surface area contributed by atoms with Crippen LogP contribution in [0.2, 0.25) is 0 Å². The molecule has 0 bridgehead atoms. The van der Waals surface area contributed by atoms with Crippen LogP contribution in [-0.2, 0) is 11.2 Å². The molecule has 0 aliphatic rings. The van der Waals surface area contributed by atoms with Crippen LogP contribution in [0.3, 0.4) is 0 Å². The summed E-state index contributed by atoms with van der Waals surface area (Å²) in [5, 5.41) is 12.8. The van der Waals surface area contributed by atoms with Gasteiger partial charge in [-0.3, -0.25) is 5.32 Å². The van der Waals surface area contributed by atoms with Crippen molar-refractivity contribution < 1.29 is 14.6 Å². The topological polar surface area (TPSA) is 50.7 Å². The molecular formula is C15H25NO3. The van der Waals surface area contributed by atoms with Crippen molar-refractivity contribution in [2.75, 3.05) is 20.3 Å². The van der Waals surface area contributed by atoms with Crippen LogP contribution in [0.4, 0.5) is 0 Å². The van der Waals surface area contributed by atoms with Gasteiger partial charge in [-0.25, -0.2) is 0 Å². The van der Waals surface area contributed by atoms with Crippen LogP contribution in [0.1, 0.15) is 25.8 Å². The van der Waals surface area contributed by atoms with E-state index in [0.29, 0.717) is 6.61 Å². The van der Waals surface area contributed by atoms with Crippen LogP contribution in [0.15, 0.2) is 24.3 Å². The molecule has 2 N–H and O–H groups in total. The first-order valence-corrected chi connectivity index (χ1v) is 6.83. The third-order valence-electron chi connectivity index (χ3n) is 2.81. The molecule has 1 rings (SSSR count). The molecule has 0 spiro atoms. The molecule has 0 aliphatic carbocycles. The Morgan fingerprint density at radius 1 is 1.26 bits per heavy atom. The van der Waals surface area contributed by atoms with E-state index in [-0.39, 0.29) is 6.23 Å². The normalized spacial score (nSPS) is 14.1. The summed E-state index contributed by atoms with van der Waals surface area (Å²) < 4.78 is 10.8. The first kappa shape index (κ1) is 16.0. The predicted octanol–water partition coefficient (Wildman–Crippen LogP) is 1.96. The van der Waals surface area contributed by atoms with Gasteiger partial charge in [0.15, 0.2) is 6.23 Å². The predicted molar refractivity (Wildman–Crippen MR) is 76.4 cm³/mol. The van der Waals surface area contributed by atoms with Crippen molar-refractivity contribution >= 4 is 0 Å². The number of benzene rings is 1. The zero-order valence-electron chi connectivity index (χ0n) is 12.1. The van der Waals surface area contributed by atoms with Crippen LogP contribution >= 0.6 is 0 Å². The second-order valence-corrected chi connectivity index (χ2v) is 4.62. The molecule has 2 atom stereocenters. The zero-order chi connectivity index (χ0) is 14.1. The lowest BCUT2D eigenvalue weighted by atomic mass is 10.1. The van der Waals surface area contributed by atoms with Crippen LogP contribution in [-0.4, -0.2) is 37.7 Å². The molecule has 4 heteroatoms. The number of rotatable bonds is 9. The highest BCUT2D eigenvalue weighted by molar-refractivity contribution is 5.27. The summed E-state index contributed by atoms with van der Waals surface area (Å²) in [5.74, 6) is 0.760. The summed E-state index contributed by atoms with van der Waals surface area (Å²) in [5.41, 5.74) is 1.21. The molecule has 0 aliphatic heterocycles. The van der Waals surface area contributed by atoms with E-state index in [1.807, 2.05) is 24.3 Å². The highest BCUT2D eigenvalue weighted by Gasteiger charge is 2.15. The van der Waals surface area contributed by atoms with E-state index in [2.05, 4.69) is 12.2 Å². The minimum Gasteiger partial charge on any atom is -0.473 e. The fourth-order valence-corrected chi connectivity index (χ4v) is 1.70. The Morgan fingerprint density at radius 3 is 2.47 bits per heavy atom. The molecule has 0 aromatic heterocycles. The maximum absolute atomic E-state index is 9.67. The summed E-state index contributed by atoms with van der Waals surface area (Å²) in [6.45, 7) is 5.34. The van der Waals surface area contributed by atoms with E-state index in [4.69, 9.17) is 9.47 Å². The Bertz CT molecular complexity index is 338. The summed E-state index contributed by atoms with van der Waals surface area (Å²) in [7, 11) is 1.70. The van der Waals surface area contributed by atoms with Crippen LogP contribution in [0.5, 0.6) is 5.75 Å². The van der Waals surface area contributed by atoms with Gasteiger partial charge in [0, 0.05) is 7.11 Å². The SMILES string of the molecule is CCCNC(Oc1ccc(CCOC)cc1)C(C)O. The lowest BCUT2D eigenvalue weighted by Crippen LogP contribution is -2.43. The van der Waals surface area contributed by atoms with Gasteiger partial charge in [0.25, 0.3) is 0 Å². The van der Waals surface area contributed by atoms with Gasteiger partial charge in [-0.2, -0.15) is 0 Å². The molecular weight excluding hydrogens is 242 g/mol. The lowest BCUT2D eigenvalue weighted by Gasteiger charge is -2.22. The summed E-state index contributed by atoms with van der Waals surface area (Å²) >= 11 is 0. The van der Waals surface area contributed by atoms with Gasteiger partial charge in [-0.1, -0.05) is 19.1 Å². The van der Waals surface area contributed by atoms with Gasteiger partial charge in [0.1, 0.15) is 11.9 Å². The van der Waals surface area contributed by atoms with Gasteiger partial charge in [-0.05, 0) is 44.0 Å². The number of aliphatic hydroxyl groups is 1. The maximum atomic E-state index is 9.67. The number of ether oxygens (including phenoxy) is 2. The molecule has 0 heterocycles. The molecule has 19 heavy (non-hydrogen) atoms. The van der Waals surface area contributed by atoms with E-state index in [1.54, 1.807) is 14.0 Å². The Kier molecular flexibility index (Phi) is 7.48. The second-order valence-electron chi connectivity index (χ2n) is 4.62. The Labute approximate surface area is 115 Å². The van der Waals surface area contributed by atoms with E-state index >= 15 is 0 Å². The smallest absolute Gasteiger partial charge is 0.176 e. The molecule has 1 aromatic rings. The minimum atomic E-state index is -0.556. The Morgan fingerprint density at radius 2 is 1.95 bits per heavy atom. The minimum absolute atomic E-state index is 0.371. The van der Waals surface area contributed by atoms with Crippen LogP contribution in [0.25, 0.3) is 0 Å². The largest absolute Gasteiger partial charge is 0.473 e. The number of nitrogens with one attached hydrogen (secondary N) is 1. The first-order chi connectivity index (χ1) is 9.17. The van der Waals surface area contributed by atoms with Gasteiger partial charge in [-0.15, -0.1) is 0 Å². The average Bonchev–Trinajstić information content (AvgIpc) is 2.42. The highest BCUT2D eigenvalue weighted by Crippen LogP contribution is 2.15. The van der Waals surface area contributed by atoms with Crippen molar-refractivity contribution in [1.82, 2.24) is 5.32 Å². The summed E-state index contributed by atoms with van der Waals surface area (Å²) in [4.78, 5) is 0. The summed E-state index contributed by atoms with van der Waals surface area (Å²) in [6.07, 6.45) is 0.970. The molecule has 4 nitrogen and oxygen atoms in total. The fourth-order valence-electron chi connectivity index (χ4n) is 1.70. The molecule has 0 amide bonds. The van der Waals surface area contributed by atoms with Gasteiger partial charge in [0.2, 0.25) is 0 Å². The van der Waals surface area contributed by atoms with E-state index < -0.39 is 6.10 Å². The molecule has 108 valence electrons. The molecule has 0 fully saturated rings. The van der Waals surface area contributed by atoms with E-state index in [0.717, 1.165) is 25.1 Å². The van der Waals surface area contributed by atoms with Crippen molar-refractivity contribution in [2.45, 2.75) is 39.0 Å². The van der Waals surface area contributed by atoms with E-state index in [9.17, 15) is 5.11 Å². The number of hydrogen-bond acceptors (Lipinski definition) is 4. The van der Waals surface area contributed by atoms with E-state index in [1.165, 1.54) is 5.56 Å². The molecule has 0 saturated heterocycles. The van der Waals surface area contributed by atoms with Crippen molar-refractivity contribution in [3.05, 3.63) is 29.8 Å². The second kappa shape index (κ2) is 8.91. The Balaban J connectivity index is 2.54. The maximum Gasteiger partial charge on any atom is 0.176 e. The number of methoxy groups -OCH3 is 1. The first-order valence-electron chi connectivity index (χ1n) is 6.83. The highest BCUT2D eigenvalue weighted by atomic mass is 16.5. The van der Waals surface area contributed by atoms with Gasteiger partial charge >= 0.3 is 0 Å². The summed E-state index contributed by atoms with van der Waals surface area (Å²) in [6, 6.07) is 7.89. The van der Waals surface area contributed by atoms with Crippen LogP contribution < -0.4 is 10.1 Å². The Hall–Kier alpha value is -1.10. The number of aliphatic hydroxyl groups excluding tert-OH is 1. The lowest BCUT2D eigenvalue weighted by molar-refractivity contribution is 0.0272. The van der Waals surface area contributed by atoms with Crippen molar-refractivity contribution in [1.29, 1.82) is 0 Å².